The third-order valence-electron chi connectivity index (χ3n) is 3.38. The van der Waals surface area contributed by atoms with Gasteiger partial charge in [0.05, 0.1) is 30.7 Å². The van der Waals surface area contributed by atoms with Gasteiger partial charge in [-0.25, -0.2) is 13.1 Å². The number of benzene rings is 1. The summed E-state index contributed by atoms with van der Waals surface area (Å²) in [6.07, 6.45) is 0. The van der Waals surface area contributed by atoms with E-state index in [2.05, 4.69) is 20.2 Å². The number of H-pyrrole nitrogens is 1. The summed E-state index contributed by atoms with van der Waals surface area (Å²) in [5, 5.41) is 9.09. The third kappa shape index (κ3) is 3.92. The van der Waals surface area contributed by atoms with Crippen LogP contribution in [0.2, 0.25) is 0 Å². The van der Waals surface area contributed by atoms with Crippen LogP contribution < -0.4 is 14.8 Å². The number of aryl methyl sites for hydroxylation is 3. The molecule has 0 spiro atoms. The summed E-state index contributed by atoms with van der Waals surface area (Å²) < 4.78 is 32.0. The minimum Gasteiger partial charge on any atom is -0.495 e. The van der Waals surface area contributed by atoms with Crippen LogP contribution in [0.25, 0.3) is 0 Å². The minimum atomic E-state index is -3.83. The summed E-state index contributed by atoms with van der Waals surface area (Å²) >= 11 is 0. The lowest BCUT2D eigenvalue weighted by molar-refractivity contribution is -0.115. The highest BCUT2D eigenvalue weighted by Gasteiger charge is 2.23. The standard InChI is InChI=1S/C15H20N4O4S/c1-9-5-6-13(23-4)12(7-9)17-14(20)8-16-24(21,22)15-10(2)18-19-11(15)3/h5-7,16H,8H2,1-4H3,(H,17,20)(H,18,19). The lowest BCUT2D eigenvalue weighted by Gasteiger charge is -2.11. The number of carbonyl (C=O) groups excluding carboxylic acids is 1. The van der Waals surface area contributed by atoms with Crippen LogP contribution in [0.3, 0.4) is 0 Å². The smallest absolute Gasteiger partial charge is 0.244 e. The van der Waals surface area contributed by atoms with E-state index >= 15 is 0 Å². The Labute approximate surface area is 140 Å². The number of ether oxygens (including phenoxy) is 1. The number of rotatable bonds is 6. The Hall–Kier alpha value is -2.39. The molecule has 3 N–H and O–H groups in total. The topological polar surface area (TPSA) is 113 Å². The summed E-state index contributed by atoms with van der Waals surface area (Å²) in [7, 11) is -2.33. The van der Waals surface area contributed by atoms with E-state index in [1.165, 1.54) is 7.11 Å². The Kier molecular flexibility index (Phi) is 5.25. The number of hydrogen-bond acceptors (Lipinski definition) is 5. The van der Waals surface area contributed by atoms with Crippen LogP contribution in [0.5, 0.6) is 5.75 Å². The van der Waals surface area contributed by atoms with Gasteiger partial charge in [-0.3, -0.25) is 9.89 Å². The average Bonchev–Trinajstić information content (AvgIpc) is 2.85. The van der Waals surface area contributed by atoms with Crippen LogP contribution in [0.4, 0.5) is 5.69 Å². The van der Waals surface area contributed by atoms with Crippen LogP contribution in [-0.4, -0.2) is 38.2 Å². The molecular weight excluding hydrogens is 332 g/mol. The molecule has 9 heteroatoms. The molecule has 0 aliphatic carbocycles. The predicted octanol–water partition coefficient (Wildman–Crippen LogP) is 1.26. The molecule has 0 atom stereocenters. The molecule has 0 saturated carbocycles. The first-order valence-corrected chi connectivity index (χ1v) is 8.68. The fraction of sp³-hybridized carbons (Fsp3) is 0.333. The molecule has 1 amide bonds. The van der Waals surface area contributed by atoms with E-state index in [0.29, 0.717) is 22.8 Å². The van der Waals surface area contributed by atoms with Crippen molar-refractivity contribution in [2.24, 2.45) is 0 Å². The number of anilines is 1. The Balaban J connectivity index is 2.08. The van der Waals surface area contributed by atoms with E-state index < -0.39 is 22.5 Å². The largest absolute Gasteiger partial charge is 0.495 e. The van der Waals surface area contributed by atoms with Gasteiger partial charge in [-0.15, -0.1) is 0 Å². The molecular formula is C15H20N4O4S. The number of hydrogen-bond donors (Lipinski definition) is 3. The second kappa shape index (κ2) is 7.02. The molecule has 8 nitrogen and oxygen atoms in total. The average molecular weight is 352 g/mol. The number of carbonyl (C=O) groups is 1. The van der Waals surface area contributed by atoms with E-state index in [1.807, 2.05) is 13.0 Å². The summed E-state index contributed by atoms with van der Waals surface area (Å²) in [6, 6.07) is 5.32. The van der Waals surface area contributed by atoms with Gasteiger partial charge in [-0.2, -0.15) is 5.10 Å². The van der Waals surface area contributed by atoms with Crippen molar-refractivity contribution in [1.29, 1.82) is 0 Å². The molecule has 24 heavy (non-hydrogen) atoms. The Morgan fingerprint density at radius 2 is 2.00 bits per heavy atom. The lowest BCUT2D eigenvalue weighted by atomic mass is 10.2. The zero-order chi connectivity index (χ0) is 17.9. The Morgan fingerprint density at radius 3 is 2.58 bits per heavy atom. The van der Waals surface area contributed by atoms with Crippen molar-refractivity contribution in [2.75, 3.05) is 19.0 Å². The van der Waals surface area contributed by atoms with E-state index in [4.69, 9.17) is 4.74 Å². The van der Waals surface area contributed by atoms with Gasteiger partial charge < -0.3 is 10.1 Å². The van der Waals surface area contributed by atoms with Gasteiger partial charge in [0.15, 0.2) is 0 Å². The molecule has 0 radical (unpaired) electrons. The Bertz CT molecular complexity index is 839. The fourth-order valence-electron chi connectivity index (χ4n) is 2.28. The second-order valence-electron chi connectivity index (χ2n) is 5.34. The number of aromatic nitrogens is 2. The van der Waals surface area contributed by atoms with Crippen molar-refractivity contribution in [3.63, 3.8) is 0 Å². The first-order chi connectivity index (χ1) is 11.2. The summed E-state index contributed by atoms with van der Waals surface area (Å²) in [5.74, 6) is -0.000364. The van der Waals surface area contributed by atoms with Crippen molar-refractivity contribution >= 4 is 21.6 Å². The van der Waals surface area contributed by atoms with Crippen LogP contribution in [0, 0.1) is 20.8 Å². The molecule has 0 bridgehead atoms. The maximum atomic E-state index is 12.3. The van der Waals surface area contributed by atoms with Crippen LogP contribution in [0.15, 0.2) is 23.1 Å². The number of amides is 1. The molecule has 130 valence electrons. The number of nitrogens with one attached hydrogen (secondary N) is 3. The molecule has 0 fully saturated rings. The summed E-state index contributed by atoms with van der Waals surface area (Å²) in [6.45, 7) is 4.66. The number of sulfonamides is 1. The van der Waals surface area contributed by atoms with Gasteiger partial charge in [-0.05, 0) is 38.5 Å². The molecule has 1 aromatic heterocycles. The van der Waals surface area contributed by atoms with Crippen LogP contribution in [-0.2, 0) is 14.8 Å². The Morgan fingerprint density at radius 1 is 1.29 bits per heavy atom. The van der Waals surface area contributed by atoms with Crippen molar-refractivity contribution in [3.8, 4) is 5.75 Å². The highest BCUT2D eigenvalue weighted by atomic mass is 32.2. The number of aromatic amines is 1. The lowest BCUT2D eigenvalue weighted by Crippen LogP contribution is -2.33. The maximum Gasteiger partial charge on any atom is 0.244 e. The normalized spacial score (nSPS) is 11.3. The molecule has 2 rings (SSSR count). The zero-order valence-corrected chi connectivity index (χ0v) is 14.7. The van der Waals surface area contributed by atoms with Gasteiger partial charge in [0.25, 0.3) is 0 Å². The van der Waals surface area contributed by atoms with Crippen molar-refractivity contribution < 1.29 is 17.9 Å². The molecule has 0 aliphatic rings. The zero-order valence-electron chi connectivity index (χ0n) is 13.9. The van der Waals surface area contributed by atoms with Gasteiger partial charge in [0.2, 0.25) is 15.9 Å². The first kappa shape index (κ1) is 18.0. The van der Waals surface area contributed by atoms with Crippen molar-refractivity contribution in [1.82, 2.24) is 14.9 Å². The number of nitrogens with zero attached hydrogens (tertiary/aromatic N) is 1. The van der Waals surface area contributed by atoms with Gasteiger partial charge in [0.1, 0.15) is 10.6 Å². The third-order valence-corrected chi connectivity index (χ3v) is 5.04. The summed E-state index contributed by atoms with van der Waals surface area (Å²) in [5.41, 5.74) is 2.19. The monoisotopic (exact) mass is 352 g/mol. The molecule has 1 heterocycles. The number of methoxy groups -OCH3 is 1. The van der Waals surface area contributed by atoms with E-state index in [-0.39, 0.29) is 4.90 Å². The fourth-order valence-corrected chi connectivity index (χ4v) is 3.63. The summed E-state index contributed by atoms with van der Waals surface area (Å²) in [4.78, 5) is 12.1. The highest BCUT2D eigenvalue weighted by molar-refractivity contribution is 7.89. The predicted molar refractivity (Wildman–Crippen MR) is 89.6 cm³/mol. The molecule has 0 unspecified atom stereocenters. The van der Waals surface area contributed by atoms with Gasteiger partial charge >= 0.3 is 0 Å². The van der Waals surface area contributed by atoms with Crippen LogP contribution >= 0.6 is 0 Å². The molecule has 1 aromatic carbocycles. The first-order valence-electron chi connectivity index (χ1n) is 7.20. The molecule has 2 aromatic rings. The van der Waals surface area contributed by atoms with Gasteiger partial charge in [-0.1, -0.05) is 6.07 Å². The van der Waals surface area contributed by atoms with Crippen LogP contribution in [0.1, 0.15) is 17.0 Å². The van der Waals surface area contributed by atoms with Crippen molar-refractivity contribution in [2.45, 2.75) is 25.7 Å². The maximum absolute atomic E-state index is 12.3. The quantitative estimate of drug-likeness (QED) is 0.724. The second-order valence-corrected chi connectivity index (χ2v) is 7.04. The van der Waals surface area contributed by atoms with Crippen molar-refractivity contribution in [3.05, 3.63) is 35.2 Å². The van der Waals surface area contributed by atoms with E-state index in [9.17, 15) is 13.2 Å². The minimum absolute atomic E-state index is 0.0587. The SMILES string of the molecule is COc1ccc(C)cc1NC(=O)CNS(=O)(=O)c1c(C)n[nH]c1C. The van der Waals surface area contributed by atoms with E-state index in [1.54, 1.807) is 26.0 Å². The molecule has 0 saturated heterocycles. The van der Waals surface area contributed by atoms with Gasteiger partial charge in [0, 0.05) is 0 Å². The van der Waals surface area contributed by atoms with E-state index in [0.717, 1.165) is 5.56 Å². The highest BCUT2D eigenvalue weighted by Crippen LogP contribution is 2.25. The molecule has 0 aliphatic heterocycles.